The van der Waals surface area contributed by atoms with Gasteiger partial charge in [0, 0.05) is 45.9 Å². The Morgan fingerprint density at radius 2 is 1.56 bits per heavy atom. The Labute approximate surface area is 312 Å². The number of esters is 1. The molecule has 0 radical (unpaired) electrons. The number of hydrogen-bond donors (Lipinski definition) is 1. The summed E-state index contributed by atoms with van der Waals surface area (Å²) < 4.78 is 54.0. The predicted octanol–water partition coefficient (Wildman–Crippen LogP) is 8.61. The number of nitrogens with zero attached hydrogens (tertiary/aromatic N) is 2. The van der Waals surface area contributed by atoms with Crippen molar-refractivity contribution in [1.29, 1.82) is 0 Å². The van der Waals surface area contributed by atoms with Crippen LogP contribution in [-0.2, 0) is 19.1 Å². The van der Waals surface area contributed by atoms with Crippen LogP contribution in [0.4, 0.5) is 0 Å². The summed E-state index contributed by atoms with van der Waals surface area (Å²) in [6, 6.07) is -1.55. The van der Waals surface area contributed by atoms with Gasteiger partial charge in [0.2, 0.25) is 5.91 Å². The minimum absolute atomic E-state index is 0.0115. The molecule has 0 aromatic heterocycles. The van der Waals surface area contributed by atoms with Crippen molar-refractivity contribution in [3.8, 4) is 0 Å². The number of ether oxygens (including phenoxy) is 1. The second-order valence-electron chi connectivity index (χ2n) is 19.8. The van der Waals surface area contributed by atoms with Gasteiger partial charge in [-0.3, -0.25) is 19.3 Å². The van der Waals surface area contributed by atoms with Crippen LogP contribution in [-0.4, -0.2) is 71.1 Å². The first-order chi connectivity index (χ1) is 25.6. The monoisotopic (exact) mass is 701 g/mol. The SMILES string of the molecule is [2H]C([2H])([2H])C(N1CCN(C(=O)[C@]23CC[C@@H](C(=C)C)[C@@H]2[C@H]2CC[C@@H]4[C@@]5(C)CC[C@H](OC(=O)CC(C)(C)C(=O)O)C(C)(C)[C@@H]5CC[C@@]4(C)[C@]2(C)CC3)CC1)C([2H])([2H])[2H]. The van der Waals surface area contributed by atoms with Crippen LogP contribution < -0.4 is 0 Å². The fraction of sp³-hybridized carbons (Fsp3) is 0.884. The van der Waals surface area contributed by atoms with Crippen molar-refractivity contribution in [2.45, 2.75) is 152 Å². The molecule has 0 aromatic rings. The standard InChI is InChI=1S/C43H70N2O5/c1-27(2)29-14-19-43(36(47)45-24-22-44(23-25-45)28(3)4)21-20-41(10)30(35(29)43)12-13-32-40(9)17-16-33(50-34(46)26-38(5,6)37(48)49)39(7,8)31(40)15-18-42(32,41)11/h28-33,35H,1,12-26H2,2-11H3,(H,48,49)/t29-,30+,31-,32+,33-,35+,40-,41+,42+,43-/m0/s1/i3D3,4D3. The molecule has 1 aliphatic heterocycles. The van der Waals surface area contributed by atoms with Crippen LogP contribution >= 0.6 is 0 Å². The first-order valence-electron chi connectivity index (χ1n) is 22.7. The summed E-state index contributed by atoms with van der Waals surface area (Å²) in [7, 11) is 0. The van der Waals surface area contributed by atoms with E-state index in [-0.39, 0.29) is 65.0 Å². The zero-order chi connectivity index (χ0) is 41.8. The molecule has 5 saturated carbocycles. The van der Waals surface area contributed by atoms with Crippen molar-refractivity contribution in [1.82, 2.24) is 9.80 Å². The minimum Gasteiger partial charge on any atom is -0.481 e. The van der Waals surface area contributed by atoms with E-state index in [0.717, 1.165) is 69.8 Å². The first-order valence-corrected chi connectivity index (χ1v) is 19.7. The Kier molecular flexibility index (Phi) is 7.71. The van der Waals surface area contributed by atoms with Crippen LogP contribution in [0.3, 0.4) is 0 Å². The van der Waals surface area contributed by atoms with Gasteiger partial charge in [-0.15, -0.1) is 0 Å². The van der Waals surface area contributed by atoms with E-state index in [1.165, 1.54) is 0 Å². The number of fused-ring (bicyclic) bond motifs is 7. The fourth-order valence-corrected chi connectivity index (χ4v) is 13.8. The maximum Gasteiger partial charge on any atom is 0.309 e. The zero-order valence-electron chi connectivity index (χ0n) is 38.3. The highest BCUT2D eigenvalue weighted by atomic mass is 16.5. The third-order valence-corrected chi connectivity index (χ3v) is 16.8. The van der Waals surface area contributed by atoms with Crippen molar-refractivity contribution >= 4 is 17.8 Å². The van der Waals surface area contributed by atoms with Gasteiger partial charge in [-0.2, -0.15) is 0 Å². The average molecular weight is 701 g/mol. The molecular formula is C43H70N2O5. The number of rotatable bonds is 7. The second-order valence-corrected chi connectivity index (χ2v) is 19.8. The number of carboxylic acids is 1. The number of piperazine rings is 1. The molecule has 1 saturated heterocycles. The lowest BCUT2D eigenvalue weighted by molar-refractivity contribution is -0.250. The van der Waals surface area contributed by atoms with Crippen LogP contribution in [0.25, 0.3) is 0 Å². The van der Waals surface area contributed by atoms with Crippen LogP contribution in [0, 0.1) is 62.1 Å². The Morgan fingerprint density at radius 3 is 2.18 bits per heavy atom. The van der Waals surface area contributed by atoms with Gasteiger partial charge in [0.05, 0.1) is 17.3 Å². The quantitative estimate of drug-likeness (QED) is 0.212. The number of carbonyl (C=O) groups excluding carboxylic acids is 2. The van der Waals surface area contributed by atoms with Gasteiger partial charge >= 0.3 is 11.9 Å². The molecule has 6 rings (SSSR count). The van der Waals surface area contributed by atoms with Crippen molar-refractivity contribution in [3.05, 3.63) is 12.2 Å². The molecule has 7 heteroatoms. The molecule has 1 amide bonds. The Bertz CT molecular complexity index is 1570. The van der Waals surface area contributed by atoms with Gasteiger partial charge in [0.25, 0.3) is 0 Å². The number of amides is 1. The molecule has 7 nitrogen and oxygen atoms in total. The predicted molar refractivity (Wildman–Crippen MR) is 198 cm³/mol. The zero-order valence-corrected chi connectivity index (χ0v) is 32.3. The van der Waals surface area contributed by atoms with Crippen molar-refractivity contribution in [3.63, 3.8) is 0 Å². The Balaban J connectivity index is 1.24. The number of hydrogen-bond acceptors (Lipinski definition) is 5. The summed E-state index contributed by atoms with van der Waals surface area (Å²) >= 11 is 0. The molecule has 0 bridgehead atoms. The van der Waals surface area contributed by atoms with E-state index >= 15 is 4.79 Å². The lowest BCUT2D eigenvalue weighted by atomic mass is 9.32. The third kappa shape index (κ3) is 5.54. The topological polar surface area (TPSA) is 87.2 Å². The molecule has 1 N–H and O–H groups in total. The van der Waals surface area contributed by atoms with Crippen LogP contribution in [0.1, 0.15) is 148 Å². The minimum atomic E-state index is -2.65. The largest absolute Gasteiger partial charge is 0.481 e. The molecule has 6 aliphatic rings. The highest BCUT2D eigenvalue weighted by Gasteiger charge is 2.72. The van der Waals surface area contributed by atoms with E-state index in [0.29, 0.717) is 30.8 Å². The summed E-state index contributed by atoms with van der Waals surface area (Å²) in [6.45, 7) is 17.7. The average Bonchev–Trinajstić information content (AvgIpc) is 3.46. The molecule has 0 aromatic carbocycles. The summed E-state index contributed by atoms with van der Waals surface area (Å²) in [6.07, 6.45) is 9.10. The summed E-state index contributed by atoms with van der Waals surface area (Å²) in [5.41, 5.74) is -0.698. The van der Waals surface area contributed by atoms with Gasteiger partial charge < -0.3 is 14.7 Å². The molecule has 50 heavy (non-hydrogen) atoms. The molecule has 5 aliphatic carbocycles. The summed E-state index contributed by atoms with van der Waals surface area (Å²) in [5, 5.41) is 9.62. The maximum atomic E-state index is 15.1. The van der Waals surface area contributed by atoms with Gasteiger partial charge in [0.1, 0.15) is 6.10 Å². The van der Waals surface area contributed by atoms with Crippen LogP contribution in [0.2, 0.25) is 0 Å². The summed E-state index contributed by atoms with van der Waals surface area (Å²) in [5.74, 6) is 0.335. The van der Waals surface area contributed by atoms with Crippen LogP contribution in [0.15, 0.2) is 12.2 Å². The molecular weight excluding hydrogens is 624 g/mol. The number of allylic oxidation sites excluding steroid dienone is 1. The van der Waals surface area contributed by atoms with E-state index in [4.69, 9.17) is 13.0 Å². The fourth-order valence-electron chi connectivity index (χ4n) is 13.8. The van der Waals surface area contributed by atoms with Crippen molar-refractivity contribution in [2.24, 2.45) is 62.1 Å². The molecule has 0 spiro atoms. The molecule has 0 unspecified atom stereocenters. The molecule has 282 valence electrons. The second kappa shape index (κ2) is 12.6. The van der Waals surface area contributed by atoms with E-state index in [2.05, 4.69) is 48.1 Å². The normalized spacial score (nSPS) is 45.2. The first kappa shape index (κ1) is 30.6. The van der Waals surface area contributed by atoms with Crippen molar-refractivity contribution in [2.75, 3.05) is 26.2 Å². The lowest BCUT2D eigenvalue weighted by Gasteiger charge is -2.73. The molecule has 10 atom stereocenters. The van der Waals surface area contributed by atoms with E-state index in [1.54, 1.807) is 18.7 Å². The van der Waals surface area contributed by atoms with Crippen LogP contribution in [0.5, 0.6) is 0 Å². The molecule has 1 heterocycles. The van der Waals surface area contributed by atoms with Crippen molar-refractivity contribution < 1.29 is 32.5 Å². The number of carboxylic acid groups (broad SMARTS) is 1. The maximum absolute atomic E-state index is 15.1. The number of aliphatic carboxylic acids is 1. The van der Waals surface area contributed by atoms with E-state index in [9.17, 15) is 14.7 Å². The third-order valence-electron chi connectivity index (χ3n) is 16.8. The Morgan fingerprint density at radius 1 is 0.880 bits per heavy atom. The smallest absolute Gasteiger partial charge is 0.309 e. The Hall–Kier alpha value is -1.89. The highest BCUT2D eigenvalue weighted by molar-refractivity contribution is 5.84. The van der Waals surface area contributed by atoms with Gasteiger partial charge in [-0.05, 0) is 145 Å². The summed E-state index contributed by atoms with van der Waals surface area (Å²) in [4.78, 5) is 43.4. The van der Waals surface area contributed by atoms with Gasteiger partial charge in [-0.25, -0.2) is 0 Å². The van der Waals surface area contributed by atoms with E-state index in [1.807, 2.05) is 4.90 Å². The molecule has 6 fully saturated rings. The van der Waals surface area contributed by atoms with Gasteiger partial charge in [0.15, 0.2) is 0 Å². The highest BCUT2D eigenvalue weighted by Crippen LogP contribution is 2.77. The van der Waals surface area contributed by atoms with Gasteiger partial charge in [-0.1, -0.05) is 46.8 Å². The lowest BCUT2D eigenvalue weighted by Crippen LogP contribution is -2.68. The number of carbonyl (C=O) groups is 3. The van der Waals surface area contributed by atoms with E-state index < -0.39 is 42.5 Å².